The van der Waals surface area contributed by atoms with E-state index in [0.29, 0.717) is 16.0 Å². The van der Waals surface area contributed by atoms with Crippen LogP contribution in [0.25, 0.3) is 0 Å². The number of nitrogens with one attached hydrogen (secondary N) is 1. The van der Waals surface area contributed by atoms with Crippen LogP contribution in [0, 0.1) is 5.92 Å². The van der Waals surface area contributed by atoms with E-state index in [1.807, 2.05) is 6.07 Å². The monoisotopic (exact) mass is 366 g/mol. The Hall–Kier alpha value is -1.36. The quantitative estimate of drug-likeness (QED) is 0.606. The minimum atomic E-state index is -0.173. The van der Waals surface area contributed by atoms with E-state index in [1.165, 1.54) is 16.9 Å². The molecule has 3 rings (SSSR count). The van der Waals surface area contributed by atoms with Gasteiger partial charge in [-0.25, -0.2) is 5.43 Å². The molecular weight excluding hydrogens is 351 g/mol. The van der Waals surface area contributed by atoms with Gasteiger partial charge in [0.2, 0.25) is 0 Å². The molecule has 1 aromatic carbocycles. The molecule has 0 saturated carbocycles. The average Bonchev–Trinajstić information content (AvgIpc) is 2.94. The fraction of sp³-hybridized carbons (Fsp3) is 0.294. The number of carbonyl (C=O) groups is 1. The van der Waals surface area contributed by atoms with Crippen molar-refractivity contribution in [3.63, 3.8) is 0 Å². The molecule has 0 radical (unpaired) electrons. The standard InChI is InChI=1S/C17H16Cl2N2OS/c1-10-2-5-15-12(6-10)8-16(23-15)17(22)21-20-9-11-3-4-13(18)14(19)7-11/h3-4,7-10H,2,5-6H2,1H3,(H,21,22)/b20-9-/t10-/m0/s1. The Morgan fingerprint density at radius 2 is 2.17 bits per heavy atom. The number of hydrazone groups is 1. The van der Waals surface area contributed by atoms with Gasteiger partial charge in [-0.1, -0.05) is 36.2 Å². The zero-order chi connectivity index (χ0) is 16.4. The van der Waals surface area contributed by atoms with Crippen molar-refractivity contribution in [3.05, 3.63) is 55.2 Å². The second kappa shape index (κ2) is 7.04. The van der Waals surface area contributed by atoms with Gasteiger partial charge in [-0.15, -0.1) is 11.3 Å². The minimum Gasteiger partial charge on any atom is -0.266 e. The maximum absolute atomic E-state index is 12.2. The molecular formula is C17H16Cl2N2OS. The molecule has 1 atom stereocenters. The highest BCUT2D eigenvalue weighted by atomic mass is 35.5. The predicted molar refractivity (Wildman–Crippen MR) is 97.0 cm³/mol. The van der Waals surface area contributed by atoms with Crippen LogP contribution in [0.15, 0.2) is 29.4 Å². The summed E-state index contributed by atoms with van der Waals surface area (Å²) in [4.78, 5) is 14.2. The van der Waals surface area contributed by atoms with Crippen LogP contribution in [0.1, 0.15) is 39.0 Å². The second-order valence-electron chi connectivity index (χ2n) is 5.78. The Kier molecular flexibility index (Phi) is 5.05. The average molecular weight is 367 g/mol. The van der Waals surface area contributed by atoms with Crippen molar-refractivity contribution in [2.75, 3.05) is 0 Å². The van der Waals surface area contributed by atoms with Gasteiger partial charge in [0, 0.05) is 4.88 Å². The molecule has 0 bridgehead atoms. The number of fused-ring (bicyclic) bond motifs is 1. The van der Waals surface area contributed by atoms with Gasteiger partial charge in [-0.3, -0.25) is 4.79 Å². The Labute approximate surface area is 149 Å². The van der Waals surface area contributed by atoms with Crippen molar-refractivity contribution in [3.8, 4) is 0 Å². The lowest BCUT2D eigenvalue weighted by molar-refractivity contribution is 0.0959. The molecule has 0 spiro atoms. The van der Waals surface area contributed by atoms with Crippen LogP contribution in [0.4, 0.5) is 0 Å². The third-order valence-electron chi connectivity index (χ3n) is 3.88. The van der Waals surface area contributed by atoms with Crippen LogP contribution < -0.4 is 5.43 Å². The van der Waals surface area contributed by atoms with Crippen LogP contribution in [-0.4, -0.2) is 12.1 Å². The van der Waals surface area contributed by atoms with Gasteiger partial charge < -0.3 is 0 Å². The number of amides is 1. The van der Waals surface area contributed by atoms with Crippen molar-refractivity contribution < 1.29 is 4.79 Å². The molecule has 1 aliphatic rings. The summed E-state index contributed by atoms with van der Waals surface area (Å²) in [6.07, 6.45) is 4.88. The number of rotatable bonds is 3. The summed E-state index contributed by atoms with van der Waals surface area (Å²) >= 11 is 13.4. The fourth-order valence-corrected chi connectivity index (χ4v) is 4.04. The van der Waals surface area contributed by atoms with E-state index in [9.17, 15) is 4.79 Å². The van der Waals surface area contributed by atoms with E-state index in [2.05, 4.69) is 17.5 Å². The first kappa shape index (κ1) is 16.5. The number of aryl methyl sites for hydroxylation is 1. The Morgan fingerprint density at radius 1 is 1.35 bits per heavy atom. The minimum absolute atomic E-state index is 0.173. The van der Waals surface area contributed by atoms with Crippen LogP contribution in [0.3, 0.4) is 0 Å². The summed E-state index contributed by atoms with van der Waals surface area (Å²) < 4.78 is 0. The van der Waals surface area contributed by atoms with Crippen molar-refractivity contribution in [1.82, 2.24) is 5.43 Å². The molecule has 0 fully saturated rings. The van der Waals surface area contributed by atoms with Gasteiger partial charge in [-0.2, -0.15) is 5.10 Å². The highest BCUT2D eigenvalue weighted by molar-refractivity contribution is 7.14. The molecule has 3 nitrogen and oxygen atoms in total. The molecule has 0 unspecified atom stereocenters. The smallest absolute Gasteiger partial charge is 0.266 e. The molecule has 6 heteroatoms. The molecule has 0 saturated heterocycles. The molecule has 0 aliphatic heterocycles. The van der Waals surface area contributed by atoms with Crippen molar-refractivity contribution in [2.24, 2.45) is 11.0 Å². The predicted octanol–water partition coefficient (Wildman–Crippen LogP) is 4.94. The molecule has 23 heavy (non-hydrogen) atoms. The normalized spacial score (nSPS) is 17.3. The third-order valence-corrected chi connectivity index (χ3v) is 5.85. The van der Waals surface area contributed by atoms with Crippen LogP contribution >= 0.6 is 34.5 Å². The number of benzene rings is 1. The number of hydrogen-bond donors (Lipinski definition) is 1. The molecule has 1 amide bonds. The van der Waals surface area contributed by atoms with E-state index in [0.717, 1.165) is 23.3 Å². The summed E-state index contributed by atoms with van der Waals surface area (Å²) in [6, 6.07) is 7.18. The van der Waals surface area contributed by atoms with E-state index >= 15 is 0 Å². The third kappa shape index (κ3) is 3.94. The van der Waals surface area contributed by atoms with E-state index in [4.69, 9.17) is 23.2 Å². The van der Waals surface area contributed by atoms with Crippen LogP contribution in [-0.2, 0) is 12.8 Å². The Bertz CT molecular complexity index is 770. The van der Waals surface area contributed by atoms with E-state index < -0.39 is 0 Å². The largest absolute Gasteiger partial charge is 0.281 e. The summed E-state index contributed by atoms with van der Waals surface area (Å²) in [6.45, 7) is 2.25. The highest BCUT2D eigenvalue weighted by Crippen LogP contribution is 2.32. The molecule has 2 aromatic rings. The Morgan fingerprint density at radius 3 is 2.96 bits per heavy atom. The lowest BCUT2D eigenvalue weighted by Gasteiger charge is -2.16. The number of thiophene rings is 1. The lowest BCUT2D eigenvalue weighted by atomic mass is 9.90. The van der Waals surface area contributed by atoms with Crippen LogP contribution in [0.2, 0.25) is 10.0 Å². The lowest BCUT2D eigenvalue weighted by Crippen LogP contribution is -2.16. The van der Waals surface area contributed by atoms with Gasteiger partial charge in [0.15, 0.2) is 0 Å². The van der Waals surface area contributed by atoms with Crippen LogP contribution in [0.5, 0.6) is 0 Å². The zero-order valence-corrected chi connectivity index (χ0v) is 14.9. The highest BCUT2D eigenvalue weighted by Gasteiger charge is 2.20. The number of hydrogen-bond acceptors (Lipinski definition) is 3. The molecule has 1 N–H and O–H groups in total. The number of carbonyl (C=O) groups excluding carboxylic acids is 1. The fourth-order valence-electron chi connectivity index (χ4n) is 2.63. The van der Waals surface area contributed by atoms with Gasteiger partial charge >= 0.3 is 0 Å². The first-order valence-electron chi connectivity index (χ1n) is 7.43. The summed E-state index contributed by atoms with van der Waals surface area (Å²) in [5.74, 6) is 0.522. The van der Waals surface area contributed by atoms with E-state index in [1.54, 1.807) is 35.8 Å². The van der Waals surface area contributed by atoms with Gasteiger partial charge in [0.25, 0.3) is 5.91 Å². The summed E-state index contributed by atoms with van der Waals surface area (Å²) in [7, 11) is 0. The topological polar surface area (TPSA) is 41.5 Å². The summed E-state index contributed by atoms with van der Waals surface area (Å²) in [5.41, 5.74) is 4.66. The zero-order valence-electron chi connectivity index (χ0n) is 12.6. The number of halogens is 2. The molecule has 120 valence electrons. The molecule has 1 heterocycles. The first-order chi connectivity index (χ1) is 11.0. The van der Waals surface area contributed by atoms with Gasteiger partial charge in [0.1, 0.15) is 0 Å². The maximum atomic E-state index is 12.2. The van der Waals surface area contributed by atoms with E-state index in [-0.39, 0.29) is 5.91 Å². The maximum Gasteiger partial charge on any atom is 0.281 e. The van der Waals surface area contributed by atoms with Gasteiger partial charge in [0.05, 0.1) is 21.1 Å². The molecule has 1 aliphatic carbocycles. The number of nitrogens with zero attached hydrogens (tertiary/aromatic N) is 1. The van der Waals surface area contributed by atoms with Crippen molar-refractivity contribution in [1.29, 1.82) is 0 Å². The SMILES string of the molecule is C[C@H]1CCc2sc(C(=O)N/N=C\c3ccc(Cl)c(Cl)c3)cc2C1. The second-order valence-corrected chi connectivity index (χ2v) is 7.73. The first-order valence-corrected chi connectivity index (χ1v) is 9.00. The van der Waals surface area contributed by atoms with Gasteiger partial charge in [-0.05, 0) is 54.5 Å². The van der Waals surface area contributed by atoms with Crippen molar-refractivity contribution in [2.45, 2.75) is 26.2 Å². The summed E-state index contributed by atoms with van der Waals surface area (Å²) in [5, 5.41) is 4.94. The molecule has 1 aromatic heterocycles. The van der Waals surface area contributed by atoms with Crippen molar-refractivity contribution >= 4 is 46.7 Å². The Balaban J connectivity index is 1.65.